The number of anilines is 1. The van der Waals surface area contributed by atoms with E-state index in [0.717, 1.165) is 16.6 Å². The van der Waals surface area contributed by atoms with Gasteiger partial charge in [-0.1, -0.05) is 23.2 Å². The van der Waals surface area contributed by atoms with Crippen molar-refractivity contribution in [3.05, 3.63) is 58.0 Å². The first-order valence-electron chi connectivity index (χ1n) is 6.38. The fourth-order valence-electron chi connectivity index (χ4n) is 2.23. The van der Waals surface area contributed by atoms with Crippen LogP contribution in [0.3, 0.4) is 0 Å². The Morgan fingerprint density at radius 1 is 1.19 bits per heavy atom. The van der Waals surface area contributed by atoms with Gasteiger partial charge < -0.3 is 5.32 Å². The molecule has 0 aliphatic rings. The average molecular weight is 324 g/mol. The van der Waals surface area contributed by atoms with E-state index in [0.29, 0.717) is 10.6 Å². The molecule has 0 saturated carbocycles. The average Bonchev–Trinajstić information content (AvgIpc) is 2.90. The van der Waals surface area contributed by atoms with Crippen molar-refractivity contribution in [2.75, 3.05) is 5.32 Å². The third-order valence-electron chi connectivity index (χ3n) is 3.33. The van der Waals surface area contributed by atoms with Crippen LogP contribution in [-0.2, 0) is 0 Å². The molecule has 21 heavy (non-hydrogen) atoms. The van der Waals surface area contributed by atoms with Gasteiger partial charge in [0.2, 0.25) is 0 Å². The highest BCUT2D eigenvalue weighted by Gasteiger charge is 2.13. The fraction of sp³-hybridized carbons (Fsp3) is 0.133. The standard InChI is InChI=1S/C15H12Cl2FN3/c1-8(11-5-14(18)13(17)6-12(11)16)20-10-2-3-15-9(4-10)7-19-21-15/h2-8,20H,1H3,(H,19,21). The summed E-state index contributed by atoms with van der Waals surface area (Å²) >= 11 is 11.8. The monoisotopic (exact) mass is 323 g/mol. The first-order valence-corrected chi connectivity index (χ1v) is 7.14. The van der Waals surface area contributed by atoms with E-state index >= 15 is 0 Å². The molecule has 3 nitrogen and oxygen atoms in total. The normalized spacial score (nSPS) is 12.6. The van der Waals surface area contributed by atoms with Gasteiger partial charge >= 0.3 is 0 Å². The first kappa shape index (κ1) is 14.2. The van der Waals surface area contributed by atoms with Crippen LogP contribution < -0.4 is 5.32 Å². The molecule has 108 valence electrons. The Bertz CT molecular complexity index is 801. The van der Waals surface area contributed by atoms with Crippen molar-refractivity contribution >= 4 is 39.8 Å². The van der Waals surface area contributed by atoms with E-state index in [-0.39, 0.29) is 11.1 Å². The predicted octanol–water partition coefficient (Wildman–Crippen LogP) is 5.18. The molecule has 1 aromatic heterocycles. The molecule has 0 bridgehead atoms. The molecule has 1 unspecified atom stereocenters. The lowest BCUT2D eigenvalue weighted by molar-refractivity contribution is 0.624. The minimum Gasteiger partial charge on any atom is -0.378 e. The molecule has 2 N–H and O–H groups in total. The first-order chi connectivity index (χ1) is 10.0. The lowest BCUT2D eigenvalue weighted by Gasteiger charge is -2.17. The van der Waals surface area contributed by atoms with Crippen molar-refractivity contribution in [3.63, 3.8) is 0 Å². The maximum atomic E-state index is 13.6. The number of fused-ring (bicyclic) bond motifs is 1. The Balaban J connectivity index is 1.88. The Morgan fingerprint density at radius 2 is 2.00 bits per heavy atom. The second kappa shape index (κ2) is 5.54. The van der Waals surface area contributed by atoms with Crippen LogP contribution >= 0.6 is 23.2 Å². The smallest absolute Gasteiger partial charge is 0.142 e. The number of aromatic amines is 1. The van der Waals surface area contributed by atoms with Gasteiger partial charge in [-0.3, -0.25) is 5.10 Å². The predicted molar refractivity (Wildman–Crippen MR) is 84.6 cm³/mol. The van der Waals surface area contributed by atoms with Crippen molar-refractivity contribution in [1.29, 1.82) is 0 Å². The molecule has 6 heteroatoms. The molecule has 1 heterocycles. The van der Waals surface area contributed by atoms with E-state index < -0.39 is 5.82 Å². The van der Waals surface area contributed by atoms with Crippen molar-refractivity contribution < 1.29 is 4.39 Å². The third-order valence-corrected chi connectivity index (χ3v) is 3.95. The summed E-state index contributed by atoms with van der Waals surface area (Å²) in [7, 11) is 0. The van der Waals surface area contributed by atoms with Crippen molar-refractivity contribution in [1.82, 2.24) is 10.2 Å². The molecule has 1 atom stereocenters. The van der Waals surface area contributed by atoms with Gasteiger partial charge in [0.1, 0.15) is 5.82 Å². The topological polar surface area (TPSA) is 40.7 Å². The van der Waals surface area contributed by atoms with E-state index in [1.165, 1.54) is 12.1 Å². The highest BCUT2D eigenvalue weighted by atomic mass is 35.5. The van der Waals surface area contributed by atoms with E-state index in [4.69, 9.17) is 23.2 Å². The van der Waals surface area contributed by atoms with E-state index in [1.54, 1.807) is 6.20 Å². The highest BCUT2D eigenvalue weighted by Crippen LogP contribution is 2.31. The highest BCUT2D eigenvalue weighted by molar-refractivity contribution is 6.35. The van der Waals surface area contributed by atoms with Gasteiger partial charge in [0.05, 0.1) is 22.8 Å². The Morgan fingerprint density at radius 3 is 2.81 bits per heavy atom. The van der Waals surface area contributed by atoms with Gasteiger partial charge in [-0.05, 0) is 42.8 Å². The van der Waals surface area contributed by atoms with Crippen molar-refractivity contribution in [2.24, 2.45) is 0 Å². The number of rotatable bonds is 3. The quantitative estimate of drug-likeness (QED) is 0.652. The molecule has 0 aliphatic heterocycles. The number of hydrogen-bond donors (Lipinski definition) is 2. The Labute approximate surface area is 131 Å². The van der Waals surface area contributed by atoms with Crippen LogP contribution in [0.2, 0.25) is 10.0 Å². The minimum atomic E-state index is -0.477. The number of halogens is 3. The number of H-pyrrole nitrogens is 1. The molecule has 0 radical (unpaired) electrons. The number of nitrogens with zero attached hydrogens (tertiary/aromatic N) is 1. The molecule has 0 saturated heterocycles. The molecular formula is C15H12Cl2FN3. The SMILES string of the molecule is CC(Nc1ccc2[nH]ncc2c1)c1cc(F)c(Cl)cc1Cl. The van der Waals surface area contributed by atoms with Gasteiger partial charge in [0.25, 0.3) is 0 Å². The lowest BCUT2D eigenvalue weighted by Crippen LogP contribution is -2.07. The summed E-state index contributed by atoms with van der Waals surface area (Å²) < 4.78 is 13.6. The number of nitrogens with one attached hydrogen (secondary N) is 2. The van der Waals surface area contributed by atoms with Crippen LogP contribution in [0.4, 0.5) is 10.1 Å². The maximum absolute atomic E-state index is 13.6. The van der Waals surface area contributed by atoms with Gasteiger partial charge in [0.15, 0.2) is 0 Å². The van der Waals surface area contributed by atoms with Crippen LogP contribution in [0.15, 0.2) is 36.5 Å². The second-order valence-corrected chi connectivity index (χ2v) is 5.64. The summed E-state index contributed by atoms with van der Waals surface area (Å²) in [6.45, 7) is 1.91. The number of hydrogen-bond acceptors (Lipinski definition) is 2. The zero-order chi connectivity index (χ0) is 15.0. The van der Waals surface area contributed by atoms with Gasteiger partial charge in [0, 0.05) is 16.1 Å². The molecular weight excluding hydrogens is 312 g/mol. The number of benzene rings is 2. The summed E-state index contributed by atoms with van der Waals surface area (Å²) in [4.78, 5) is 0. The fourth-order valence-corrected chi connectivity index (χ4v) is 2.78. The molecule has 3 aromatic rings. The summed E-state index contributed by atoms with van der Waals surface area (Å²) in [6.07, 6.45) is 1.75. The van der Waals surface area contributed by atoms with Crippen LogP contribution in [0.5, 0.6) is 0 Å². The zero-order valence-electron chi connectivity index (χ0n) is 11.1. The minimum absolute atomic E-state index is 0.0239. The van der Waals surface area contributed by atoms with E-state index in [1.807, 2.05) is 25.1 Å². The van der Waals surface area contributed by atoms with Crippen LogP contribution in [0.25, 0.3) is 10.9 Å². The van der Waals surface area contributed by atoms with Crippen LogP contribution in [0.1, 0.15) is 18.5 Å². The van der Waals surface area contributed by atoms with Gasteiger partial charge in [-0.2, -0.15) is 5.10 Å². The van der Waals surface area contributed by atoms with Gasteiger partial charge in [-0.25, -0.2) is 4.39 Å². The maximum Gasteiger partial charge on any atom is 0.142 e. The largest absolute Gasteiger partial charge is 0.378 e. The number of aromatic nitrogens is 2. The summed E-state index contributed by atoms with van der Waals surface area (Å²) in [6, 6.07) is 8.45. The zero-order valence-corrected chi connectivity index (χ0v) is 12.6. The van der Waals surface area contributed by atoms with Crippen LogP contribution in [0, 0.1) is 5.82 Å². The summed E-state index contributed by atoms with van der Waals surface area (Å²) in [5.74, 6) is -0.477. The molecule has 0 fully saturated rings. The summed E-state index contributed by atoms with van der Waals surface area (Å²) in [5, 5.41) is 11.6. The van der Waals surface area contributed by atoms with Crippen molar-refractivity contribution in [2.45, 2.75) is 13.0 Å². The van der Waals surface area contributed by atoms with E-state index in [9.17, 15) is 4.39 Å². The molecule has 0 amide bonds. The molecule has 0 aliphatic carbocycles. The molecule has 2 aromatic carbocycles. The van der Waals surface area contributed by atoms with Gasteiger partial charge in [-0.15, -0.1) is 0 Å². The Kier molecular flexibility index (Phi) is 3.74. The van der Waals surface area contributed by atoms with E-state index in [2.05, 4.69) is 15.5 Å². The molecule has 0 spiro atoms. The van der Waals surface area contributed by atoms with Crippen LogP contribution in [-0.4, -0.2) is 10.2 Å². The third kappa shape index (κ3) is 2.82. The second-order valence-electron chi connectivity index (χ2n) is 4.83. The Hall–Kier alpha value is -1.78. The molecule has 3 rings (SSSR count). The van der Waals surface area contributed by atoms with Crippen molar-refractivity contribution in [3.8, 4) is 0 Å². The lowest BCUT2D eigenvalue weighted by atomic mass is 10.1. The summed E-state index contributed by atoms with van der Waals surface area (Å²) in [5.41, 5.74) is 2.53.